The number of carboxylic acids is 1. The number of nitrogens with one attached hydrogen (secondary N) is 1. The molecule has 2 N–H and O–H groups in total. The van der Waals surface area contributed by atoms with Crippen LogP contribution in [0.2, 0.25) is 0 Å². The molecule has 180 valence electrons. The van der Waals surface area contributed by atoms with Crippen LogP contribution in [0.3, 0.4) is 0 Å². The number of carbonyl (C=O) groups excluding carboxylic acids is 1. The quantitative estimate of drug-likeness (QED) is 0.442. The molecular formula is C22H18F5N3O4. The molecule has 7 nitrogen and oxygen atoms in total. The van der Waals surface area contributed by atoms with E-state index in [1.807, 2.05) is 0 Å². The summed E-state index contributed by atoms with van der Waals surface area (Å²) >= 11 is 0. The highest BCUT2D eigenvalue weighted by Gasteiger charge is 2.32. The molecule has 1 amide bonds. The number of ether oxygens (including phenoxy) is 1. The molecule has 0 aliphatic heterocycles. The van der Waals surface area contributed by atoms with E-state index in [1.54, 1.807) is 6.92 Å². The molecule has 0 saturated carbocycles. The maximum atomic E-state index is 13.6. The van der Waals surface area contributed by atoms with Crippen molar-refractivity contribution >= 4 is 11.9 Å². The molecule has 0 aliphatic carbocycles. The minimum atomic E-state index is -4.57. The lowest BCUT2D eigenvalue weighted by Crippen LogP contribution is -2.27. The Morgan fingerprint density at radius 2 is 1.65 bits per heavy atom. The monoisotopic (exact) mass is 483 g/mol. The molecule has 0 aliphatic rings. The van der Waals surface area contributed by atoms with Crippen LogP contribution in [0.1, 0.15) is 56.9 Å². The fraction of sp³-hybridized carbons (Fsp3) is 0.227. The Bertz CT molecular complexity index is 1190. The number of carboxylic acid groups (broad SMARTS) is 1. The van der Waals surface area contributed by atoms with Gasteiger partial charge in [0, 0.05) is 7.05 Å². The van der Waals surface area contributed by atoms with E-state index in [9.17, 15) is 31.5 Å². The van der Waals surface area contributed by atoms with Gasteiger partial charge in [0.1, 0.15) is 17.0 Å². The number of alkyl halides is 5. The second-order valence-electron chi connectivity index (χ2n) is 7.24. The van der Waals surface area contributed by atoms with Crippen LogP contribution in [0.25, 0.3) is 0 Å². The molecule has 0 fully saturated rings. The van der Waals surface area contributed by atoms with E-state index in [4.69, 9.17) is 9.84 Å². The van der Waals surface area contributed by atoms with Crippen LogP contribution < -0.4 is 10.1 Å². The third-order valence-corrected chi connectivity index (χ3v) is 4.86. The van der Waals surface area contributed by atoms with Gasteiger partial charge in [0.05, 0.1) is 17.2 Å². The van der Waals surface area contributed by atoms with Crippen LogP contribution in [0.15, 0.2) is 48.5 Å². The summed E-state index contributed by atoms with van der Waals surface area (Å²) < 4.78 is 71.9. The predicted molar refractivity (Wildman–Crippen MR) is 109 cm³/mol. The van der Waals surface area contributed by atoms with Gasteiger partial charge in [0.2, 0.25) is 5.88 Å². The van der Waals surface area contributed by atoms with Crippen molar-refractivity contribution in [2.45, 2.75) is 25.6 Å². The zero-order valence-electron chi connectivity index (χ0n) is 17.7. The van der Waals surface area contributed by atoms with Crippen molar-refractivity contribution in [2.75, 3.05) is 0 Å². The summed E-state index contributed by atoms with van der Waals surface area (Å²) in [7, 11) is 1.25. The van der Waals surface area contributed by atoms with E-state index in [2.05, 4.69) is 10.4 Å². The Kier molecular flexibility index (Phi) is 6.89. The Morgan fingerprint density at radius 3 is 2.15 bits per heavy atom. The molecular weight excluding hydrogens is 465 g/mol. The number of hydrogen-bond acceptors (Lipinski definition) is 4. The lowest BCUT2D eigenvalue weighted by molar-refractivity contribution is -0.137. The number of halogens is 5. The Morgan fingerprint density at radius 1 is 1.06 bits per heavy atom. The molecule has 2 aromatic carbocycles. The third kappa shape index (κ3) is 5.33. The molecule has 34 heavy (non-hydrogen) atoms. The number of amides is 1. The lowest BCUT2D eigenvalue weighted by atomic mass is 10.1. The fourth-order valence-electron chi connectivity index (χ4n) is 3.10. The van der Waals surface area contributed by atoms with Gasteiger partial charge in [0.25, 0.3) is 12.3 Å². The van der Waals surface area contributed by atoms with Crippen molar-refractivity contribution in [1.29, 1.82) is 0 Å². The molecule has 1 heterocycles. The Hall–Kier alpha value is -3.96. The average Bonchev–Trinajstić information content (AvgIpc) is 3.10. The van der Waals surface area contributed by atoms with Gasteiger partial charge in [-0.25, -0.2) is 18.3 Å². The second-order valence-corrected chi connectivity index (χ2v) is 7.24. The fourth-order valence-corrected chi connectivity index (χ4v) is 3.10. The molecule has 3 aromatic rings. The van der Waals surface area contributed by atoms with Crippen molar-refractivity contribution in [3.63, 3.8) is 0 Å². The summed E-state index contributed by atoms with van der Waals surface area (Å²) in [5, 5.41) is 15.1. The van der Waals surface area contributed by atoms with Crippen molar-refractivity contribution in [3.05, 3.63) is 76.5 Å². The molecule has 12 heteroatoms. The molecule has 3 rings (SSSR count). The van der Waals surface area contributed by atoms with Gasteiger partial charge in [-0.3, -0.25) is 4.79 Å². The molecule has 0 spiro atoms. The van der Waals surface area contributed by atoms with Crippen LogP contribution in [0.4, 0.5) is 22.0 Å². The van der Waals surface area contributed by atoms with Gasteiger partial charge in [-0.2, -0.15) is 18.3 Å². The predicted octanol–water partition coefficient (Wildman–Crippen LogP) is 5.36. The highest BCUT2D eigenvalue weighted by Crippen LogP contribution is 2.35. The summed E-state index contributed by atoms with van der Waals surface area (Å²) in [5.74, 6) is -2.60. The van der Waals surface area contributed by atoms with E-state index < -0.39 is 47.3 Å². The largest absolute Gasteiger partial charge is 0.478 e. The van der Waals surface area contributed by atoms with Gasteiger partial charge < -0.3 is 15.2 Å². The summed E-state index contributed by atoms with van der Waals surface area (Å²) in [6.07, 6.45) is -7.71. The van der Waals surface area contributed by atoms with Gasteiger partial charge in [0.15, 0.2) is 0 Å². The molecule has 0 unspecified atom stereocenters. The lowest BCUT2D eigenvalue weighted by Gasteiger charge is -2.16. The summed E-state index contributed by atoms with van der Waals surface area (Å²) in [4.78, 5) is 23.9. The summed E-state index contributed by atoms with van der Waals surface area (Å²) in [5.41, 5.74) is -1.84. The maximum absolute atomic E-state index is 13.6. The normalized spacial score (nSPS) is 12.5. The highest BCUT2D eigenvalue weighted by atomic mass is 19.4. The number of hydrogen-bond donors (Lipinski definition) is 2. The van der Waals surface area contributed by atoms with E-state index in [-0.39, 0.29) is 17.2 Å². The number of rotatable bonds is 7. The van der Waals surface area contributed by atoms with Crippen LogP contribution in [-0.2, 0) is 13.2 Å². The van der Waals surface area contributed by atoms with E-state index in [0.717, 1.165) is 28.9 Å². The van der Waals surface area contributed by atoms with Gasteiger partial charge in [-0.1, -0.05) is 12.1 Å². The minimum absolute atomic E-state index is 0.0294. The smallest absolute Gasteiger partial charge is 0.416 e. The number of nitrogens with zero attached hydrogens (tertiary/aromatic N) is 2. The van der Waals surface area contributed by atoms with Crippen LogP contribution in [0.5, 0.6) is 11.6 Å². The van der Waals surface area contributed by atoms with Gasteiger partial charge in [-0.15, -0.1) is 0 Å². The molecule has 1 atom stereocenters. The first kappa shape index (κ1) is 24.7. The number of aromatic carboxylic acids is 1. The molecule has 1 aromatic heterocycles. The first-order valence-corrected chi connectivity index (χ1v) is 9.72. The van der Waals surface area contributed by atoms with Crippen LogP contribution in [-0.4, -0.2) is 26.8 Å². The van der Waals surface area contributed by atoms with Gasteiger partial charge >= 0.3 is 12.1 Å². The number of aryl methyl sites for hydroxylation is 1. The van der Waals surface area contributed by atoms with Crippen LogP contribution >= 0.6 is 0 Å². The van der Waals surface area contributed by atoms with Crippen LogP contribution in [0, 0.1) is 0 Å². The average molecular weight is 483 g/mol. The van der Waals surface area contributed by atoms with E-state index in [0.29, 0.717) is 5.56 Å². The number of aromatic nitrogens is 2. The van der Waals surface area contributed by atoms with Gasteiger partial charge in [-0.05, 0) is 48.9 Å². The first-order valence-electron chi connectivity index (χ1n) is 9.72. The summed E-state index contributed by atoms with van der Waals surface area (Å²) in [6, 6.07) is 8.36. The highest BCUT2D eigenvalue weighted by molar-refractivity contribution is 5.98. The van der Waals surface area contributed by atoms with E-state index >= 15 is 0 Å². The topological polar surface area (TPSA) is 93.5 Å². The number of benzene rings is 2. The van der Waals surface area contributed by atoms with Crippen molar-refractivity contribution in [1.82, 2.24) is 15.1 Å². The minimum Gasteiger partial charge on any atom is -0.478 e. The first-order chi connectivity index (χ1) is 15.9. The SMILES string of the molecule is C[C@H](NC(=O)c1c(C(F)F)nn(C)c1Oc1ccc(C(F)(F)F)cc1)c1ccc(C(=O)O)cc1. The van der Waals surface area contributed by atoms with E-state index in [1.165, 1.54) is 31.3 Å². The second kappa shape index (κ2) is 9.49. The standard InChI is InChI=1S/C22H18F5N3O4/c1-11(12-3-5-13(6-4-12)21(32)33)28-19(31)16-17(18(23)24)29-30(2)20(16)34-15-9-7-14(8-10-15)22(25,26)27/h3-11,18H,1-2H3,(H,28,31)(H,32,33)/t11-/m0/s1. The van der Waals surface area contributed by atoms with Crippen molar-refractivity contribution in [3.8, 4) is 11.6 Å². The van der Waals surface area contributed by atoms with Crippen molar-refractivity contribution in [2.24, 2.45) is 7.05 Å². The zero-order valence-corrected chi connectivity index (χ0v) is 17.7. The molecule has 0 bridgehead atoms. The maximum Gasteiger partial charge on any atom is 0.416 e. The third-order valence-electron chi connectivity index (χ3n) is 4.86. The van der Waals surface area contributed by atoms with Crippen molar-refractivity contribution < 1.29 is 41.4 Å². The molecule has 0 radical (unpaired) electrons. The summed E-state index contributed by atoms with van der Waals surface area (Å²) in [6.45, 7) is 1.56. The Balaban J connectivity index is 1.89. The number of carbonyl (C=O) groups is 2. The molecule has 0 saturated heterocycles. The Labute approximate surface area is 189 Å². The zero-order chi connectivity index (χ0) is 25.2.